The van der Waals surface area contributed by atoms with Gasteiger partial charge >= 0.3 is 5.97 Å². The molecule has 2 aliphatic heterocycles. The third-order valence-corrected chi connectivity index (χ3v) is 6.65. The van der Waals surface area contributed by atoms with Crippen molar-refractivity contribution in [3.05, 3.63) is 63.1 Å². The summed E-state index contributed by atoms with van der Waals surface area (Å²) in [6.45, 7) is 1.83. The normalized spacial score (nSPS) is 13.4. The van der Waals surface area contributed by atoms with Crippen molar-refractivity contribution < 1.29 is 47.9 Å². The molecule has 1 atom stereocenters. The number of aromatic hydroxyl groups is 1. The molecule has 0 radical (unpaired) electrons. The molecular weight excluding hydrogens is 540 g/mol. The van der Waals surface area contributed by atoms with E-state index >= 15 is 0 Å². The maximum Gasteiger partial charge on any atom is 0.343 e. The Labute approximate surface area is 233 Å². The Morgan fingerprint density at radius 3 is 2.56 bits per heavy atom. The van der Waals surface area contributed by atoms with Crippen molar-refractivity contribution in [2.45, 2.75) is 25.8 Å². The molecule has 3 aromatic rings. The number of hydrogen-bond acceptors (Lipinski definition) is 11. The maximum atomic E-state index is 13.4. The van der Waals surface area contributed by atoms with E-state index in [4.69, 9.17) is 33.2 Å². The monoisotopic (exact) mass is 568 g/mol. The number of methoxy groups -OCH3 is 2. The summed E-state index contributed by atoms with van der Waals surface area (Å²) in [6, 6.07) is 6.83. The Bertz CT molecular complexity index is 1550. The quantitative estimate of drug-likeness (QED) is 0.308. The van der Waals surface area contributed by atoms with Crippen LogP contribution in [0, 0.1) is 0 Å². The molecule has 1 aromatic heterocycles. The number of pyridine rings is 1. The van der Waals surface area contributed by atoms with Gasteiger partial charge < -0.3 is 48.6 Å². The number of aromatic nitrogens is 1. The topological polar surface area (TPSA) is 164 Å². The van der Waals surface area contributed by atoms with Crippen LogP contribution in [0.3, 0.4) is 0 Å². The SMILES string of the molecule is CCOC(=O)c1c[nH]c(=O)c([C@@H](CC(=O)NCc2ccc3c(c2)OCO3)c2cc(OC)c3c(c2OC)OCO3)c1O. The Hall–Kier alpha value is -5.07. The van der Waals surface area contributed by atoms with E-state index in [-0.39, 0.29) is 72.8 Å². The van der Waals surface area contributed by atoms with Crippen LogP contribution in [-0.2, 0) is 16.1 Å². The molecule has 0 spiro atoms. The van der Waals surface area contributed by atoms with E-state index in [9.17, 15) is 19.5 Å². The summed E-state index contributed by atoms with van der Waals surface area (Å²) in [4.78, 5) is 41.6. The largest absolute Gasteiger partial charge is 0.506 e. The zero-order valence-corrected chi connectivity index (χ0v) is 22.5. The highest BCUT2D eigenvalue weighted by Gasteiger charge is 2.35. The van der Waals surface area contributed by atoms with Gasteiger partial charge in [0.05, 0.1) is 26.4 Å². The fourth-order valence-electron chi connectivity index (χ4n) is 4.76. The van der Waals surface area contributed by atoms with Gasteiger partial charge in [0, 0.05) is 30.6 Å². The van der Waals surface area contributed by atoms with Gasteiger partial charge in [-0.1, -0.05) is 6.07 Å². The van der Waals surface area contributed by atoms with Crippen LogP contribution in [0.4, 0.5) is 0 Å². The lowest BCUT2D eigenvalue weighted by molar-refractivity contribution is -0.121. The molecule has 2 aromatic carbocycles. The van der Waals surface area contributed by atoms with Gasteiger partial charge in [-0.15, -0.1) is 0 Å². The molecule has 0 fully saturated rings. The van der Waals surface area contributed by atoms with Gasteiger partial charge in [-0.2, -0.15) is 0 Å². The van der Waals surface area contributed by atoms with Gasteiger partial charge in [-0.05, 0) is 30.7 Å². The number of carbonyl (C=O) groups is 2. The van der Waals surface area contributed by atoms with Crippen molar-refractivity contribution in [1.29, 1.82) is 0 Å². The average Bonchev–Trinajstić information content (AvgIpc) is 3.64. The minimum atomic E-state index is -1.12. The number of fused-ring (bicyclic) bond motifs is 2. The number of esters is 1. The number of aromatic amines is 1. The molecular formula is C28H28N2O11. The predicted molar refractivity (Wildman–Crippen MR) is 141 cm³/mol. The highest BCUT2D eigenvalue weighted by molar-refractivity contribution is 5.92. The molecule has 3 heterocycles. The van der Waals surface area contributed by atoms with Gasteiger partial charge in [-0.3, -0.25) is 9.59 Å². The van der Waals surface area contributed by atoms with Crippen LogP contribution >= 0.6 is 0 Å². The van der Waals surface area contributed by atoms with E-state index in [0.29, 0.717) is 11.5 Å². The predicted octanol–water partition coefficient (Wildman–Crippen LogP) is 2.57. The molecule has 2 aliphatic rings. The number of ether oxygens (including phenoxy) is 7. The third-order valence-electron chi connectivity index (χ3n) is 6.65. The van der Waals surface area contributed by atoms with Crippen LogP contribution < -0.4 is 39.3 Å². The number of nitrogens with one attached hydrogen (secondary N) is 2. The van der Waals surface area contributed by atoms with E-state index in [1.165, 1.54) is 20.3 Å². The van der Waals surface area contributed by atoms with Crippen molar-refractivity contribution in [1.82, 2.24) is 10.3 Å². The summed E-state index contributed by atoms with van der Waals surface area (Å²) in [6.07, 6.45) is 0.736. The van der Waals surface area contributed by atoms with Crippen LogP contribution in [0.1, 0.15) is 46.3 Å². The number of benzene rings is 2. The van der Waals surface area contributed by atoms with Gasteiger partial charge in [0.2, 0.25) is 31.0 Å². The summed E-state index contributed by atoms with van der Waals surface area (Å²) >= 11 is 0. The van der Waals surface area contributed by atoms with Crippen LogP contribution in [0.2, 0.25) is 0 Å². The molecule has 0 aliphatic carbocycles. The van der Waals surface area contributed by atoms with E-state index in [1.54, 1.807) is 25.1 Å². The minimum absolute atomic E-state index is 0.0472. The molecule has 0 saturated heterocycles. The molecule has 13 nitrogen and oxygen atoms in total. The Morgan fingerprint density at radius 1 is 1.05 bits per heavy atom. The lowest BCUT2D eigenvalue weighted by Crippen LogP contribution is -2.28. The molecule has 1 amide bonds. The van der Waals surface area contributed by atoms with Crippen LogP contribution in [0.25, 0.3) is 0 Å². The van der Waals surface area contributed by atoms with E-state index in [1.807, 2.05) is 0 Å². The number of carbonyl (C=O) groups excluding carboxylic acids is 2. The fourth-order valence-corrected chi connectivity index (χ4v) is 4.76. The summed E-state index contributed by atoms with van der Waals surface area (Å²) in [5.41, 5.74) is -0.185. The zero-order valence-electron chi connectivity index (χ0n) is 22.5. The standard InChI is InChI=1S/C28H28N2O11/c1-4-37-28(34)17-11-30-27(33)22(23(17)32)15(16-8-20(35-2)25-26(24(16)36-3)41-13-40-25)9-21(31)29-10-14-5-6-18-19(7-14)39-12-38-18/h5-8,11,15H,4,9-10,12-13H2,1-3H3,(H,29,31)(H2,30,32,33)/t15-/m0/s1. The highest BCUT2D eigenvalue weighted by atomic mass is 16.7. The second-order valence-corrected chi connectivity index (χ2v) is 9.00. The van der Waals surface area contributed by atoms with Crippen LogP contribution in [-0.4, -0.2) is 56.4 Å². The van der Waals surface area contributed by atoms with Crippen molar-refractivity contribution in [2.75, 3.05) is 34.4 Å². The van der Waals surface area contributed by atoms with E-state index in [2.05, 4.69) is 10.3 Å². The van der Waals surface area contributed by atoms with Gasteiger partial charge in [0.25, 0.3) is 5.56 Å². The first-order valence-electron chi connectivity index (χ1n) is 12.7. The number of hydrogen-bond donors (Lipinski definition) is 3. The first-order valence-corrected chi connectivity index (χ1v) is 12.7. The van der Waals surface area contributed by atoms with Crippen molar-refractivity contribution in [3.63, 3.8) is 0 Å². The van der Waals surface area contributed by atoms with Gasteiger partial charge in [0.1, 0.15) is 11.3 Å². The van der Waals surface area contributed by atoms with Crippen molar-refractivity contribution >= 4 is 11.9 Å². The maximum absolute atomic E-state index is 13.4. The first-order chi connectivity index (χ1) is 19.9. The van der Waals surface area contributed by atoms with E-state index in [0.717, 1.165) is 11.8 Å². The highest BCUT2D eigenvalue weighted by Crippen LogP contribution is 2.53. The minimum Gasteiger partial charge on any atom is -0.506 e. The van der Waals surface area contributed by atoms with Crippen molar-refractivity contribution in [3.8, 4) is 40.2 Å². The molecule has 0 saturated carbocycles. The molecule has 41 heavy (non-hydrogen) atoms. The number of rotatable bonds is 10. The molecule has 5 rings (SSSR count). The van der Waals surface area contributed by atoms with Crippen LogP contribution in [0.15, 0.2) is 35.3 Å². The van der Waals surface area contributed by atoms with Crippen LogP contribution in [0.5, 0.6) is 40.2 Å². The molecule has 216 valence electrons. The lowest BCUT2D eigenvalue weighted by atomic mass is 9.86. The summed E-state index contributed by atoms with van der Waals surface area (Å²) in [5.74, 6) is -0.941. The van der Waals surface area contributed by atoms with Gasteiger partial charge in [-0.25, -0.2) is 4.79 Å². The Kier molecular flexibility index (Phi) is 7.77. The van der Waals surface area contributed by atoms with E-state index < -0.39 is 29.1 Å². The molecule has 0 bridgehead atoms. The van der Waals surface area contributed by atoms with Gasteiger partial charge in [0.15, 0.2) is 23.0 Å². The summed E-state index contributed by atoms with van der Waals surface area (Å²) in [7, 11) is 2.81. The summed E-state index contributed by atoms with van der Waals surface area (Å²) in [5, 5.41) is 14.0. The smallest absolute Gasteiger partial charge is 0.343 e. The molecule has 13 heteroatoms. The molecule has 0 unspecified atom stereocenters. The molecule has 3 N–H and O–H groups in total. The Balaban J connectivity index is 1.55. The second kappa shape index (κ2) is 11.6. The average molecular weight is 569 g/mol. The fraction of sp³-hybridized carbons (Fsp3) is 0.321. The summed E-state index contributed by atoms with van der Waals surface area (Å²) < 4.78 is 38.0. The Morgan fingerprint density at radius 2 is 1.80 bits per heavy atom. The first kappa shape index (κ1) is 27.5. The number of amides is 1. The lowest BCUT2D eigenvalue weighted by Gasteiger charge is -2.23. The third kappa shape index (κ3) is 5.25. The number of H-pyrrole nitrogens is 1. The van der Waals surface area contributed by atoms with Crippen molar-refractivity contribution in [2.24, 2.45) is 0 Å². The second-order valence-electron chi connectivity index (χ2n) is 9.00. The zero-order chi connectivity index (χ0) is 29.1.